The number of nitrogens with zero attached hydrogens (tertiary/aromatic N) is 2. The second kappa shape index (κ2) is 11.6. The number of halogens is 1. The van der Waals surface area contributed by atoms with Crippen LogP contribution in [0.4, 0.5) is 10.1 Å². The van der Waals surface area contributed by atoms with Crippen LogP contribution in [-0.4, -0.2) is 51.2 Å². The number of anilines is 1. The van der Waals surface area contributed by atoms with Gasteiger partial charge in [0.15, 0.2) is 0 Å². The Bertz CT molecular complexity index is 1150. The van der Waals surface area contributed by atoms with Crippen molar-refractivity contribution in [3.63, 3.8) is 0 Å². The Morgan fingerprint density at radius 1 is 1.00 bits per heavy atom. The van der Waals surface area contributed by atoms with Crippen molar-refractivity contribution in [3.8, 4) is 0 Å². The van der Waals surface area contributed by atoms with Crippen molar-refractivity contribution in [2.24, 2.45) is 5.92 Å². The van der Waals surface area contributed by atoms with Crippen LogP contribution in [0.1, 0.15) is 25.8 Å². The van der Waals surface area contributed by atoms with Crippen LogP contribution >= 0.6 is 0 Å². The van der Waals surface area contributed by atoms with Crippen LogP contribution in [0.2, 0.25) is 0 Å². The van der Waals surface area contributed by atoms with Gasteiger partial charge in [-0.2, -0.15) is 0 Å². The van der Waals surface area contributed by atoms with Gasteiger partial charge in [0.2, 0.25) is 17.7 Å². The second-order valence-electron chi connectivity index (χ2n) is 8.05. The van der Waals surface area contributed by atoms with Gasteiger partial charge in [0.05, 0.1) is 5.41 Å². The minimum Gasteiger partial charge on any atom is -0.349 e. The lowest BCUT2D eigenvalue weighted by atomic mass is 10.0. The summed E-state index contributed by atoms with van der Waals surface area (Å²) in [5.41, 5.74) is 0.904. The van der Waals surface area contributed by atoms with Crippen molar-refractivity contribution in [1.29, 1.82) is 0 Å². The van der Waals surface area contributed by atoms with Gasteiger partial charge in [0.25, 0.3) is 10.0 Å². The predicted octanol–water partition coefficient (Wildman–Crippen LogP) is 2.78. The van der Waals surface area contributed by atoms with Gasteiger partial charge in [-0.3, -0.25) is 14.4 Å². The van der Waals surface area contributed by atoms with Gasteiger partial charge >= 0.3 is 0 Å². The maximum atomic E-state index is 13.4. The van der Waals surface area contributed by atoms with Crippen LogP contribution in [0.5, 0.6) is 0 Å². The summed E-state index contributed by atoms with van der Waals surface area (Å²) in [5.74, 6) is -4.58. The summed E-state index contributed by atoms with van der Waals surface area (Å²) in [6.07, 6.45) is 0.760. The standard InChI is InChI=1S/C24H28FN3O5S/c1-17(2)28(20-12-10-19(25)11-13-20)24(31)21(16-22(29)27(3)4)23(30)26-34(32,33)15-14-18-8-6-5-7-9-18/h5-15,17,21H,16H2,1-4H3,(H,26,30). The number of sulfonamides is 1. The van der Waals surface area contributed by atoms with E-state index in [1.807, 2.05) is 4.72 Å². The Kier molecular flexibility index (Phi) is 9.08. The average molecular weight is 490 g/mol. The highest BCUT2D eigenvalue weighted by atomic mass is 32.2. The van der Waals surface area contributed by atoms with Gasteiger partial charge in [-0.25, -0.2) is 17.5 Å². The Morgan fingerprint density at radius 2 is 1.59 bits per heavy atom. The van der Waals surface area contributed by atoms with Gasteiger partial charge in [-0.15, -0.1) is 0 Å². The van der Waals surface area contributed by atoms with Crippen LogP contribution in [0.25, 0.3) is 6.08 Å². The highest BCUT2D eigenvalue weighted by Crippen LogP contribution is 2.22. The number of carbonyl (C=O) groups excluding carboxylic acids is 3. The fourth-order valence-corrected chi connectivity index (χ4v) is 3.90. The lowest BCUT2D eigenvalue weighted by molar-refractivity contribution is -0.139. The Hall–Kier alpha value is -3.53. The summed E-state index contributed by atoms with van der Waals surface area (Å²) in [6, 6.07) is 13.2. The molecule has 2 aromatic rings. The number of carbonyl (C=O) groups is 3. The van der Waals surface area contributed by atoms with Crippen molar-refractivity contribution >= 4 is 39.5 Å². The quantitative estimate of drug-likeness (QED) is 0.546. The summed E-state index contributed by atoms with van der Waals surface area (Å²) in [4.78, 5) is 41.2. The summed E-state index contributed by atoms with van der Waals surface area (Å²) in [6.45, 7) is 3.37. The van der Waals surface area contributed by atoms with E-state index in [9.17, 15) is 27.2 Å². The van der Waals surface area contributed by atoms with E-state index in [1.165, 1.54) is 42.1 Å². The van der Waals surface area contributed by atoms with Crippen LogP contribution in [-0.2, 0) is 24.4 Å². The Labute approximate surface area is 199 Å². The molecule has 0 fully saturated rings. The number of rotatable bonds is 9. The second-order valence-corrected chi connectivity index (χ2v) is 9.61. The van der Waals surface area contributed by atoms with E-state index >= 15 is 0 Å². The minimum absolute atomic E-state index is 0.309. The van der Waals surface area contributed by atoms with Gasteiger partial charge in [0, 0.05) is 32.2 Å². The number of hydrogen-bond donors (Lipinski definition) is 1. The molecule has 0 spiro atoms. The summed E-state index contributed by atoms with van der Waals surface area (Å²) in [7, 11) is -1.34. The smallest absolute Gasteiger partial charge is 0.257 e. The maximum Gasteiger partial charge on any atom is 0.257 e. The van der Waals surface area contributed by atoms with Crippen molar-refractivity contribution in [1.82, 2.24) is 9.62 Å². The first-order chi connectivity index (χ1) is 15.9. The molecule has 8 nitrogen and oxygen atoms in total. The number of amides is 3. The maximum absolute atomic E-state index is 13.4. The molecule has 1 N–H and O–H groups in total. The molecule has 10 heteroatoms. The molecule has 0 heterocycles. The molecule has 0 aliphatic rings. The summed E-state index contributed by atoms with van der Waals surface area (Å²) < 4.78 is 40.2. The van der Waals surface area contributed by atoms with Gasteiger partial charge in [-0.05, 0) is 49.8 Å². The molecule has 0 aliphatic heterocycles. The lowest BCUT2D eigenvalue weighted by Crippen LogP contribution is -2.49. The molecule has 1 atom stereocenters. The first-order valence-electron chi connectivity index (χ1n) is 10.5. The summed E-state index contributed by atoms with van der Waals surface area (Å²) >= 11 is 0. The molecule has 34 heavy (non-hydrogen) atoms. The fourth-order valence-electron chi connectivity index (χ4n) is 3.08. The number of benzene rings is 2. The van der Waals surface area contributed by atoms with Crippen LogP contribution in [0.3, 0.4) is 0 Å². The molecule has 1 unspecified atom stereocenters. The molecule has 0 saturated carbocycles. The molecular formula is C24H28FN3O5S. The normalized spacial score (nSPS) is 12.4. The zero-order valence-electron chi connectivity index (χ0n) is 19.4. The first-order valence-corrected chi connectivity index (χ1v) is 12.0. The van der Waals surface area contributed by atoms with E-state index in [1.54, 1.807) is 44.2 Å². The van der Waals surface area contributed by atoms with E-state index in [-0.39, 0.29) is 0 Å². The number of nitrogens with one attached hydrogen (secondary N) is 1. The zero-order valence-corrected chi connectivity index (χ0v) is 20.3. The highest BCUT2D eigenvalue weighted by molar-refractivity contribution is 7.93. The van der Waals surface area contributed by atoms with Gasteiger partial charge in [0.1, 0.15) is 11.7 Å². The molecule has 182 valence electrons. The van der Waals surface area contributed by atoms with Crippen molar-refractivity contribution in [3.05, 3.63) is 71.4 Å². The molecular weight excluding hydrogens is 461 g/mol. The molecule has 2 rings (SSSR count). The van der Waals surface area contributed by atoms with Crippen LogP contribution in [0.15, 0.2) is 60.0 Å². The predicted molar refractivity (Wildman–Crippen MR) is 128 cm³/mol. The molecule has 0 radical (unpaired) electrons. The van der Waals surface area contributed by atoms with E-state index in [4.69, 9.17) is 0 Å². The molecule has 3 amide bonds. The topological polar surface area (TPSA) is 104 Å². The van der Waals surface area contributed by atoms with Crippen LogP contribution in [0, 0.1) is 11.7 Å². The van der Waals surface area contributed by atoms with Crippen LogP contribution < -0.4 is 9.62 Å². The van der Waals surface area contributed by atoms with Crippen molar-refractivity contribution in [2.45, 2.75) is 26.3 Å². The van der Waals surface area contributed by atoms with Gasteiger partial charge < -0.3 is 9.80 Å². The van der Waals surface area contributed by atoms with Crippen molar-refractivity contribution < 1.29 is 27.2 Å². The SMILES string of the molecule is CC(C)N(C(=O)C(CC(=O)N(C)C)C(=O)NS(=O)(=O)C=Cc1ccccc1)c1ccc(F)cc1. The Morgan fingerprint density at radius 3 is 2.12 bits per heavy atom. The molecule has 0 saturated heterocycles. The van der Waals surface area contributed by atoms with E-state index in [2.05, 4.69) is 0 Å². The third kappa shape index (κ3) is 7.51. The minimum atomic E-state index is -4.26. The molecule has 2 aromatic carbocycles. The van der Waals surface area contributed by atoms with Crippen molar-refractivity contribution in [2.75, 3.05) is 19.0 Å². The average Bonchev–Trinajstić information content (AvgIpc) is 2.77. The first kappa shape index (κ1) is 26.7. The molecule has 0 bridgehead atoms. The lowest BCUT2D eigenvalue weighted by Gasteiger charge is -2.30. The summed E-state index contributed by atoms with van der Waals surface area (Å²) in [5, 5.41) is 0.815. The zero-order chi connectivity index (χ0) is 25.5. The van der Waals surface area contributed by atoms with E-state index in [0.717, 1.165) is 17.5 Å². The molecule has 0 aliphatic carbocycles. The monoisotopic (exact) mass is 489 g/mol. The highest BCUT2D eigenvalue weighted by Gasteiger charge is 2.36. The van der Waals surface area contributed by atoms with E-state index < -0.39 is 51.9 Å². The third-order valence-electron chi connectivity index (χ3n) is 4.83. The largest absolute Gasteiger partial charge is 0.349 e. The van der Waals surface area contributed by atoms with E-state index in [0.29, 0.717) is 11.3 Å². The van der Waals surface area contributed by atoms with Gasteiger partial charge in [-0.1, -0.05) is 30.3 Å². The molecule has 0 aromatic heterocycles. The number of hydrogen-bond acceptors (Lipinski definition) is 5. The fraction of sp³-hybridized carbons (Fsp3) is 0.292. The third-order valence-corrected chi connectivity index (χ3v) is 5.81. The Balaban J connectivity index is 2.35.